The van der Waals surface area contributed by atoms with Crippen molar-refractivity contribution in [2.24, 2.45) is 5.41 Å². The third-order valence-electron chi connectivity index (χ3n) is 4.08. The SMILES string of the molecule is CN1CCC(C)(CNCc2ccc(F)cc2Cl)CC1. The van der Waals surface area contributed by atoms with Crippen molar-refractivity contribution in [2.45, 2.75) is 26.3 Å². The molecule has 1 aromatic rings. The van der Waals surface area contributed by atoms with E-state index in [1.54, 1.807) is 6.07 Å². The molecule has 106 valence electrons. The van der Waals surface area contributed by atoms with Crippen molar-refractivity contribution in [1.82, 2.24) is 10.2 Å². The van der Waals surface area contributed by atoms with Crippen molar-refractivity contribution >= 4 is 11.6 Å². The molecular weight excluding hydrogens is 263 g/mol. The van der Waals surface area contributed by atoms with Crippen molar-refractivity contribution in [3.8, 4) is 0 Å². The van der Waals surface area contributed by atoms with Gasteiger partial charge in [0.2, 0.25) is 0 Å². The van der Waals surface area contributed by atoms with E-state index in [4.69, 9.17) is 11.6 Å². The molecule has 0 spiro atoms. The van der Waals surface area contributed by atoms with Crippen molar-refractivity contribution < 1.29 is 4.39 Å². The molecule has 1 aromatic carbocycles. The van der Waals surface area contributed by atoms with Gasteiger partial charge in [-0.3, -0.25) is 0 Å². The second-order valence-electron chi connectivity index (χ2n) is 5.95. The van der Waals surface area contributed by atoms with E-state index in [2.05, 4.69) is 24.2 Å². The second-order valence-corrected chi connectivity index (χ2v) is 6.36. The molecular formula is C15H22ClFN2. The van der Waals surface area contributed by atoms with E-state index in [0.717, 1.165) is 25.2 Å². The Bertz CT molecular complexity index is 428. The molecule has 0 bridgehead atoms. The first-order valence-corrected chi connectivity index (χ1v) is 7.19. The summed E-state index contributed by atoms with van der Waals surface area (Å²) >= 11 is 6.02. The first-order chi connectivity index (χ1) is 8.98. The van der Waals surface area contributed by atoms with Gasteiger partial charge in [0, 0.05) is 18.1 Å². The van der Waals surface area contributed by atoms with E-state index in [-0.39, 0.29) is 5.82 Å². The predicted octanol–water partition coefficient (Wildman–Crippen LogP) is 3.30. The largest absolute Gasteiger partial charge is 0.312 e. The maximum Gasteiger partial charge on any atom is 0.124 e. The Morgan fingerprint density at radius 2 is 2.05 bits per heavy atom. The highest BCUT2D eigenvalue weighted by molar-refractivity contribution is 6.31. The fourth-order valence-corrected chi connectivity index (χ4v) is 2.73. The molecule has 0 atom stereocenters. The van der Waals surface area contributed by atoms with Crippen molar-refractivity contribution in [1.29, 1.82) is 0 Å². The Morgan fingerprint density at radius 1 is 1.37 bits per heavy atom. The zero-order valence-electron chi connectivity index (χ0n) is 11.7. The first kappa shape index (κ1) is 14.8. The highest BCUT2D eigenvalue weighted by Gasteiger charge is 2.28. The van der Waals surface area contributed by atoms with Gasteiger partial charge in [0.15, 0.2) is 0 Å². The molecule has 19 heavy (non-hydrogen) atoms. The number of hydrogen-bond donors (Lipinski definition) is 1. The maximum absolute atomic E-state index is 12.9. The molecule has 1 aliphatic heterocycles. The number of nitrogens with one attached hydrogen (secondary N) is 1. The molecule has 1 heterocycles. The average molecular weight is 285 g/mol. The summed E-state index contributed by atoms with van der Waals surface area (Å²) in [5, 5.41) is 3.96. The molecule has 1 fully saturated rings. The molecule has 0 unspecified atom stereocenters. The van der Waals surface area contributed by atoms with Crippen LogP contribution in [0.3, 0.4) is 0 Å². The quantitative estimate of drug-likeness (QED) is 0.913. The second kappa shape index (κ2) is 6.21. The fourth-order valence-electron chi connectivity index (χ4n) is 2.50. The van der Waals surface area contributed by atoms with Gasteiger partial charge in [-0.2, -0.15) is 0 Å². The highest BCUT2D eigenvalue weighted by atomic mass is 35.5. The van der Waals surface area contributed by atoms with E-state index < -0.39 is 0 Å². The minimum Gasteiger partial charge on any atom is -0.312 e. The Balaban J connectivity index is 1.83. The smallest absolute Gasteiger partial charge is 0.124 e. The van der Waals surface area contributed by atoms with Crippen LogP contribution in [0.1, 0.15) is 25.3 Å². The highest BCUT2D eigenvalue weighted by Crippen LogP contribution is 2.29. The number of hydrogen-bond acceptors (Lipinski definition) is 2. The molecule has 0 radical (unpaired) electrons. The summed E-state index contributed by atoms with van der Waals surface area (Å²) in [6.45, 7) is 6.34. The molecule has 0 saturated carbocycles. The summed E-state index contributed by atoms with van der Waals surface area (Å²) in [5.41, 5.74) is 1.32. The topological polar surface area (TPSA) is 15.3 Å². The summed E-state index contributed by atoms with van der Waals surface area (Å²) in [6, 6.07) is 4.58. The molecule has 2 nitrogen and oxygen atoms in total. The van der Waals surface area contributed by atoms with E-state index in [1.807, 2.05) is 0 Å². The van der Waals surface area contributed by atoms with Crippen LogP contribution < -0.4 is 5.32 Å². The fraction of sp³-hybridized carbons (Fsp3) is 0.600. The van der Waals surface area contributed by atoms with Gasteiger partial charge < -0.3 is 10.2 Å². The number of halogens is 2. The molecule has 1 saturated heterocycles. The van der Waals surface area contributed by atoms with Crippen LogP contribution in [0.4, 0.5) is 4.39 Å². The van der Waals surface area contributed by atoms with Gasteiger partial charge in [0.1, 0.15) is 5.82 Å². The van der Waals surface area contributed by atoms with E-state index in [1.165, 1.54) is 25.0 Å². The van der Waals surface area contributed by atoms with E-state index in [9.17, 15) is 4.39 Å². The predicted molar refractivity (Wildman–Crippen MR) is 78.0 cm³/mol. The number of piperidine rings is 1. The maximum atomic E-state index is 12.9. The van der Waals surface area contributed by atoms with Crippen LogP contribution in [0.25, 0.3) is 0 Å². The summed E-state index contributed by atoms with van der Waals surface area (Å²) in [4.78, 5) is 2.37. The number of rotatable bonds is 4. The third kappa shape index (κ3) is 4.16. The third-order valence-corrected chi connectivity index (χ3v) is 4.43. The molecule has 4 heteroatoms. The molecule has 0 amide bonds. The monoisotopic (exact) mass is 284 g/mol. The first-order valence-electron chi connectivity index (χ1n) is 6.82. The number of benzene rings is 1. The normalized spacial score (nSPS) is 19.6. The van der Waals surface area contributed by atoms with Gasteiger partial charge >= 0.3 is 0 Å². The lowest BCUT2D eigenvalue weighted by atomic mass is 9.80. The summed E-state index contributed by atoms with van der Waals surface area (Å²) < 4.78 is 12.9. The van der Waals surface area contributed by atoms with E-state index in [0.29, 0.717) is 17.0 Å². The molecule has 2 rings (SSSR count). The van der Waals surface area contributed by atoms with Crippen LogP contribution in [0.2, 0.25) is 5.02 Å². The van der Waals surface area contributed by atoms with Crippen LogP contribution in [0, 0.1) is 11.2 Å². The zero-order chi connectivity index (χ0) is 13.9. The van der Waals surface area contributed by atoms with Gasteiger partial charge in [0.05, 0.1) is 0 Å². The van der Waals surface area contributed by atoms with Crippen molar-refractivity contribution in [3.05, 3.63) is 34.6 Å². The minimum absolute atomic E-state index is 0.281. The number of likely N-dealkylation sites (tertiary alicyclic amines) is 1. The molecule has 1 N–H and O–H groups in total. The van der Waals surface area contributed by atoms with Gasteiger partial charge in [-0.1, -0.05) is 24.6 Å². The lowest BCUT2D eigenvalue weighted by Gasteiger charge is -2.38. The average Bonchev–Trinajstić information content (AvgIpc) is 2.36. The Morgan fingerprint density at radius 3 is 2.68 bits per heavy atom. The van der Waals surface area contributed by atoms with E-state index >= 15 is 0 Å². The van der Waals surface area contributed by atoms with Crippen molar-refractivity contribution in [2.75, 3.05) is 26.7 Å². The van der Waals surface area contributed by atoms with Crippen LogP contribution >= 0.6 is 11.6 Å². The minimum atomic E-state index is -0.281. The standard InChI is InChI=1S/C15H22ClFN2/c1-15(5-7-19(2)8-6-15)11-18-10-12-3-4-13(17)9-14(12)16/h3-4,9,18H,5-8,10-11H2,1-2H3. The summed E-state index contributed by atoms with van der Waals surface area (Å²) in [5.74, 6) is -0.281. The van der Waals surface area contributed by atoms with Crippen molar-refractivity contribution in [3.63, 3.8) is 0 Å². The van der Waals surface area contributed by atoms with Crippen LogP contribution in [0.15, 0.2) is 18.2 Å². The van der Waals surface area contributed by atoms with Gasteiger partial charge in [-0.05, 0) is 56.1 Å². The van der Waals surface area contributed by atoms with Crippen LogP contribution in [0.5, 0.6) is 0 Å². The molecule has 0 aromatic heterocycles. The number of nitrogens with zero attached hydrogens (tertiary/aromatic N) is 1. The summed E-state index contributed by atoms with van der Waals surface area (Å²) in [6.07, 6.45) is 2.43. The Labute approximate surface area is 119 Å². The lowest BCUT2D eigenvalue weighted by Crippen LogP contribution is -2.41. The zero-order valence-corrected chi connectivity index (χ0v) is 12.4. The molecule has 1 aliphatic rings. The van der Waals surface area contributed by atoms with Gasteiger partial charge in [-0.15, -0.1) is 0 Å². The Hall–Kier alpha value is -0.640. The van der Waals surface area contributed by atoms with Crippen LogP contribution in [-0.4, -0.2) is 31.6 Å². The van der Waals surface area contributed by atoms with Gasteiger partial charge in [0.25, 0.3) is 0 Å². The summed E-state index contributed by atoms with van der Waals surface area (Å²) in [7, 11) is 2.17. The van der Waals surface area contributed by atoms with Crippen LogP contribution in [-0.2, 0) is 6.54 Å². The molecule has 0 aliphatic carbocycles. The lowest BCUT2D eigenvalue weighted by molar-refractivity contribution is 0.137. The Kier molecular flexibility index (Phi) is 4.82. The van der Waals surface area contributed by atoms with Gasteiger partial charge in [-0.25, -0.2) is 4.39 Å².